The summed E-state index contributed by atoms with van der Waals surface area (Å²) in [5.41, 5.74) is 9.47. The van der Waals surface area contributed by atoms with Gasteiger partial charge in [0.15, 0.2) is 0 Å². The fourth-order valence-corrected chi connectivity index (χ4v) is 4.54. The molecule has 3 nitrogen and oxygen atoms in total. The van der Waals surface area contributed by atoms with Crippen molar-refractivity contribution in [2.45, 2.75) is 43.7 Å². The number of fused-ring (bicyclic) bond motifs is 1. The Morgan fingerprint density at radius 1 is 1.29 bits per heavy atom. The van der Waals surface area contributed by atoms with E-state index in [1.54, 1.807) is 0 Å². The average molecular weight is 287 g/mol. The predicted molar refractivity (Wildman–Crippen MR) is 88.4 cm³/mol. The van der Waals surface area contributed by atoms with E-state index in [0.29, 0.717) is 6.04 Å². The first-order valence-corrected chi connectivity index (χ1v) is 8.37. The predicted octanol–water partition coefficient (Wildman–Crippen LogP) is 2.20. The fourth-order valence-electron chi connectivity index (χ4n) is 4.54. The van der Waals surface area contributed by atoms with Crippen LogP contribution in [0.4, 0.5) is 0 Å². The largest absolute Gasteiger partial charge is 0.328 e. The molecule has 0 aromatic heterocycles. The third-order valence-electron chi connectivity index (χ3n) is 5.40. The van der Waals surface area contributed by atoms with Crippen molar-refractivity contribution in [2.75, 3.05) is 33.7 Å². The molecule has 0 spiro atoms. The molecule has 1 saturated heterocycles. The van der Waals surface area contributed by atoms with Gasteiger partial charge in [-0.3, -0.25) is 4.90 Å². The molecule has 2 N–H and O–H groups in total. The standard InChI is InChI=1S/C18H29N3/c1-20(2)13-16-9-6-12-21(16)18(14-19)11-5-8-15-7-3-4-10-17(15)18/h3-4,7,10,16H,5-6,8-9,11-14,19H2,1-2H3. The summed E-state index contributed by atoms with van der Waals surface area (Å²) in [6.07, 6.45) is 6.30. The number of hydrogen-bond donors (Lipinski definition) is 1. The summed E-state index contributed by atoms with van der Waals surface area (Å²) < 4.78 is 0. The van der Waals surface area contributed by atoms with Gasteiger partial charge < -0.3 is 10.6 Å². The molecular formula is C18H29N3. The van der Waals surface area contributed by atoms with Crippen molar-refractivity contribution in [2.24, 2.45) is 5.73 Å². The van der Waals surface area contributed by atoms with Crippen LogP contribution in [0.2, 0.25) is 0 Å². The molecule has 2 atom stereocenters. The van der Waals surface area contributed by atoms with E-state index in [0.717, 1.165) is 13.1 Å². The van der Waals surface area contributed by atoms with Crippen LogP contribution >= 0.6 is 0 Å². The zero-order valence-electron chi connectivity index (χ0n) is 13.5. The molecule has 1 aliphatic heterocycles. The van der Waals surface area contributed by atoms with Crippen molar-refractivity contribution in [3.8, 4) is 0 Å². The molecule has 1 fully saturated rings. The molecule has 0 amide bonds. The SMILES string of the molecule is CN(C)CC1CCCN1C1(CN)CCCc2ccccc21. The van der Waals surface area contributed by atoms with E-state index in [1.165, 1.54) is 49.8 Å². The van der Waals surface area contributed by atoms with Crippen LogP contribution in [0, 0.1) is 0 Å². The van der Waals surface area contributed by atoms with E-state index in [-0.39, 0.29) is 5.54 Å². The maximum absolute atomic E-state index is 6.37. The van der Waals surface area contributed by atoms with Gasteiger partial charge in [-0.15, -0.1) is 0 Å². The van der Waals surface area contributed by atoms with Crippen molar-refractivity contribution in [3.05, 3.63) is 35.4 Å². The van der Waals surface area contributed by atoms with Crippen LogP contribution in [-0.2, 0) is 12.0 Å². The van der Waals surface area contributed by atoms with Gasteiger partial charge in [0, 0.05) is 19.1 Å². The summed E-state index contributed by atoms with van der Waals surface area (Å²) in [6.45, 7) is 3.09. The second-order valence-corrected chi connectivity index (χ2v) is 7.00. The lowest BCUT2D eigenvalue weighted by molar-refractivity contribution is 0.0504. The van der Waals surface area contributed by atoms with Crippen LogP contribution in [0.5, 0.6) is 0 Å². The molecule has 1 heterocycles. The van der Waals surface area contributed by atoms with E-state index in [4.69, 9.17) is 5.73 Å². The monoisotopic (exact) mass is 287 g/mol. The first kappa shape index (κ1) is 15.0. The molecule has 3 heteroatoms. The zero-order valence-corrected chi connectivity index (χ0v) is 13.5. The summed E-state index contributed by atoms with van der Waals surface area (Å²) in [5.74, 6) is 0. The number of rotatable bonds is 4. The van der Waals surface area contributed by atoms with E-state index >= 15 is 0 Å². The van der Waals surface area contributed by atoms with Crippen LogP contribution in [0.3, 0.4) is 0 Å². The first-order valence-electron chi connectivity index (χ1n) is 8.37. The molecule has 1 aromatic rings. The van der Waals surface area contributed by atoms with Crippen molar-refractivity contribution in [1.29, 1.82) is 0 Å². The lowest BCUT2D eigenvalue weighted by Gasteiger charge is -2.48. The van der Waals surface area contributed by atoms with Gasteiger partial charge in [-0.05, 0) is 63.9 Å². The van der Waals surface area contributed by atoms with Gasteiger partial charge in [0.25, 0.3) is 0 Å². The Morgan fingerprint density at radius 2 is 2.10 bits per heavy atom. The summed E-state index contributed by atoms with van der Waals surface area (Å²) in [4.78, 5) is 5.06. The maximum atomic E-state index is 6.37. The quantitative estimate of drug-likeness (QED) is 0.921. The van der Waals surface area contributed by atoms with Crippen molar-refractivity contribution < 1.29 is 0 Å². The third-order valence-corrected chi connectivity index (χ3v) is 5.40. The molecule has 0 bridgehead atoms. The average Bonchev–Trinajstić information content (AvgIpc) is 2.94. The van der Waals surface area contributed by atoms with Gasteiger partial charge in [-0.1, -0.05) is 24.3 Å². The Balaban J connectivity index is 1.97. The fraction of sp³-hybridized carbons (Fsp3) is 0.667. The highest BCUT2D eigenvalue weighted by molar-refractivity contribution is 5.37. The maximum Gasteiger partial charge on any atom is 0.0589 e. The van der Waals surface area contributed by atoms with Crippen LogP contribution in [-0.4, -0.2) is 49.6 Å². The highest BCUT2D eigenvalue weighted by Gasteiger charge is 2.45. The molecule has 1 aromatic carbocycles. The van der Waals surface area contributed by atoms with Gasteiger partial charge in [0.2, 0.25) is 0 Å². The lowest BCUT2D eigenvalue weighted by Crippen LogP contribution is -2.56. The highest BCUT2D eigenvalue weighted by Crippen LogP contribution is 2.43. The van der Waals surface area contributed by atoms with E-state index in [1.807, 2.05) is 0 Å². The molecule has 21 heavy (non-hydrogen) atoms. The topological polar surface area (TPSA) is 32.5 Å². The van der Waals surface area contributed by atoms with Gasteiger partial charge >= 0.3 is 0 Å². The number of benzene rings is 1. The summed E-state index contributed by atoms with van der Waals surface area (Å²) in [6, 6.07) is 9.63. The normalized spacial score (nSPS) is 29.8. The zero-order chi connectivity index (χ0) is 14.9. The summed E-state index contributed by atoms with van der Waals surface area (Å²) >= 11 is 0. The van der Waals surface area contributed by atoms with E-state index < -0.39 is 0 Å². The van der Waals surface area contributed by atoms with Crippen LogP contribution in [0.25, 0.3) is 0 Å². The van der Waals surface area contributed by atoms with Gasteiger partial charge in [0.05, 0.1) is 5.54 Å². The second kappa shape index (κ2) is 6.07. The van der Waals surface area contributed by atoms with Gasteiger partial charge in [-0.25, -0.2) is 0 Å². The Kier molecular flexibility index (Phi) is 4.34. The minimum Gasteiger partial charge on any atom is -0.328 e. The summed E-state index contributed by atoms with van der Waals surface area (Å²) in [7, 11) is 4.36. The van der Waals surface area contributed by atoms with E-state index in [9.17, 15) is 0 Å². The highest BCUT2D eigenvalue weighted by atomic mass is 15.3. The number of nitrogens with zero attached hydrogens (tertiary/aromatic N) is 2. The van der Waals surface area contributed by atoms with Crippen molar-refractivity contribution in [1.82, 2.24) is 9.80 Å². The molecule has 116 valence electrons. The molecule has 1 aliphatic carbocycles. The first-order chi connectivity index (χ1) is 10.2. The number of hydrogen-bond acceptors (Lipinski definition) is 3. The molecule has 2 unspecified atom stereocenters. The van der Waals surface area contributed by atoms with Crippen LogP contribution < -0.4 is 5.73 Å². The summed E-state index contributed by atoms with van der Waals surface area (Å²) in [5, 5.41) is 0. The van der Waals surface area contributed by atoms with Crippen LogP contribution in [0.1, 0.15) is 36.8 Å². The van der Waals surface area contributed by atoms with Gasteiger partial charge in [-0.2, -0.15) is 0 Å². The molecule has 0 radical (unpaired) electrons. The minimum atomic E-state index is 0.0754. The second-order valence-electron chi connectivity index (χ2n) is 7.00. The third kappa shape index (κ3) is 2.63. The molecular weight excluding hydrogens is 258 g/mol. The lowest BCUT2D eigenvalue weighted by atomic mass is 9.75. The minimum absolute atomic E-state index is 0.0754. The van der Waals surface area contributed by atoms with Crippen LogP contribution in [0.15, 0.2) is 24.3 Å². The molecule has 0 saturated carbocycles. The van der Waals surface area contributed by atoms with Gasteiger partial charge in [0.1, 0.15) is 0 Å². The Hall–Kier alpha value is -0.900. The van der Waals surface area contributed by atoms with E-state index in [2.05, 4.69) is 48.2 Å². The smallest absolute Gasteiger partial charge is 0.0589 e. The Bertz CT molecular complexity index is 485. The molecule has 2 aliphatic rings. The van der Waals surface area contributed by atoms with Crippen molar-refractivity contribution in [3.63, 3.8) is 0 Å². The number of likely N-dealkylation sites (tertiary alicyclic amines) is 1. The number of nitrogens with two attached hydrogens (primary N) is 1. The number of likely N-dealkylation sites (N-methyl/N-ethyl adjacent to an activating group) is 1. The van der Waals surface area contributed by atoms with Crippen molar-refractivity contribution >= 4 is 0 Å². The number of aryl methyl sites for hydroxylation is 1. The molecule has 3 rings (SSSR count). The Labute approximate surface area is 129 Å². The Morgan fingerprint density at radius 3 is 2.86 bits per heavy atom.